The van der Waals surface area contributed by atoms with Crippen molar-refractivity contribution in [1.82, 2.24) is 5.32 Å². The topological polar surface area (TPSA) is 67.4 Å². The third-order valence-corrected chi connectivity index (χ3v) is 3.36. The molecule has 0 spiro atoms. The third-order valence-electron chi connectivity index (χ3n) is 3.36. The molecule has 2 rings (SSSR count). The number of anilines is 1. The van der Waals surface area contributed by atoms with Crippen LogP contribution >= 0.6 is 0 Å². The molecule has 0 fully saturated rings. The first-order valence-electron chi connectivity index (χ1n) is 7.35. The van der Waals surface area contributed by atoms with Crippen molar-refractivity contribution >= 4 is 17.5 Å². The SMILES string of the molecule is Cc1c(NC(=O)CNC(=O)c2ccc(F)cc2F)cccc1OC(F)F. The quantitative estimate of drug-likeness (QED) is 0.767. The average Bonchev–Trinajstić information content (AvgIpc) is 2.56. The van der Waals surface area contributed by atoms with Crippen molar-refractivity contribution in [2.24, 2.45) is 0 Å². The minimum absolute atomic E-state index is 0.102. The summed E-state index contributed by atoms with van der Waals surface area (Å²) in [6, 6.07) is 6.60. The minimum atomic E-state index is -3.01. The Labute approximate surface area is 146 Å². The summed E-state index contributed by atoms with van der Waals surface area (Å²) in [6.45, 7) is -2.04. The summed E-state index contributed by atoms with van der Waals surface area (Å²) in [5.74, 6) is -3.56. The second kappa shape index (κ2) is 8.32. The van der Waals surface area contributed by atoms with E-state index in [2.05, 4.69) is 15.4 Å². The molecule has 2 amide bonds. The molecule has 0 aliphatic rings. The first-order chi connectivity index (χ1) is 12.3. The molecular weight excluding hydrogens is 356 g/mol. The Morgan fingerprint density at radius 2 is 1.88 bits per heavy atom. The fourth-order valence-corrected chi connectivity index (χ4v) is 2.10. The molecule has 0 aromatic heterocycles. The Hall–Kier alpha value is -3.10. The van der Waals surface area contributed by atoms with E-state index in [0.717, 1.165) is 12.1 Å². The average molecular weight is 370 g/mol. The largest absolute Gasteiger partial charge is 0.434 e. The van der Waals surface area contributed by atoms with Gasteiger partial charge in [0.15, 0.2) is 0 Å². The highest BCUT2D eigenvalue weighted by Crippen LogP contribution is 2.26. The summed E-state index contributed by atoms with van der Waals surface area (Å²) >= 11 is 0. The number of carbonyl (C=O) groups excluding carboxylic acids is 2. The lowest BCUT2D eigenvalue weighted by atomic mass is 10.1. The van der Waals surface area contributed by atoms with Gasteiger partial charge in [0, 0.05) is 17.3 Å². The standard InChI is InChI=1S/C17H14F4N2O3/c1-9-13(3-2-4-14(9)26-17(20)21)23-15(24)8-22-16(25)11-6-5-10(18)7-12(11)19/h2-7,17H,8H2,1H3,(H,22,25)(H,23,24). The van der Waals surface area contributed by atoms with Crippen molar-refractivity contribution < 1.29 is 31.9 Å². The van der Waals surface area contributed by atoms with Crippen LogP contribution in [0.3, 0.4) is 0 Å². The van der Waals surface area contributed by atoms with E-state index in [-0.39, 0.29) is 17.0 Å². The van der Waals surface area contributed by atoms with Crippen molar-refractivity contribution in [2.45, 2.75) is 13.5 Å². The summed E-state index contributed by atoms with van der Waals surface area (Å²) < 4.78 is 55.3. The number of ether oxygens (including phenoxy) is 1. The lowest BCUT2D eigenvalue weighted by molar-refractivity contribution is -0.115. The molecule has 0 atom stereocenters. The van der Waals surface area contributed by atoms with E-state index in [1.807, 2.05) is 0 Å². The van der Waals surface area contributed by atoms with Crippen LogP contribution in [0.1, 0.15) is 15.9 Å². The van der Waals surface area contributed by atoms with E-state index in [1.54, 1.807) is 0 Å². The molecule has 0 aliphatic heterocycles. The zero-order valence-electron chi connectivity index (χ0n) is 13.5. The minimum Gasteiger partial charge on any atom is -0.434 e. The molecule has 0 unspecified atom stereocenters. The first kappa shape index (κ1) is 19.2. The van der Waals surface area contributed by atoms with Gasteiger partial charge in [0.25, 0.3) is 5.91 Å². The van der Waals surface area contributed by atoms with Crippen LogP contribution in [0, 0.1) is 18.6 Å². The van der Waals surface area contributed by atoms with Crippen molar-refractivity contribution in [3.05, 3.63) is 59.2 Å². The van der Waals surface area contributed by atoms with Crippen molar-refractivity contribution in [3.8, 4) is 5.75 Å². The van der Waals surface area contributed by atoms with Gasteiger partial charge in [0.05, 0.1) is 12.1 Å². The van der Waals surface area contributed by atoms with Crippen LogP contribution in [0.15, 0.2) is 36.4 Å². The van der Waals surface area contributed by atoms with Crippen LogP contribution in [-0.2, 0) is 4.79 Å². The number of hydrogen-bond donors (Lipinski definition) is 2. The number of amides is 2. The molecular formula is C17H14F4N2O3. The Kier molecular flexibility index (Phi) is 6.16. The smallest absolute Gasteiger partial charge is 0.387 e. The molecule has 2 N–H and O–H groups in total. The van der Waals surface area contributed by atoms with Gasteiger partial charge in [-0.1, -0.05) is 6.07 Å². The highest BCUT2D eigenvalue weighted by molar-refractivity contribution is 5.99. The summed E-state index contributed by atoms with van der Waals surface area (Å²) in [7, 11) is 0. The van der Waals surface area contributed by atoms with Crippen LogP contribution in [0.4, 0.5) is 23.2 Å². The van der Waals surface area contributed by atoms with Gasteiger partial charge < -0.3 is 15.4 Å². The maximum Gasteiger partial charge on any atom is 0.387 e. The van der Waals surface area contributed by atoms with Crippen molar-refractivity contribution in [2.75, 3.05) is 11.9 Å². The summed E-state index contributed by atoms with van der Waals surface area (Å²) in [4.78, 5) is 23.7. The summed E-state index contributed by atoms with van der Waals surface area (Å²) in [6.07, 6.45) is 0. The van der Waals surface area contributed by atoms with Gasteiger partial charge >= 0.3 is 6.61 Å². The molecule has 5 nitrogen and oxygen atoms in total. The van der Waals surface area contributed by atoms with Gasteiger partial charge in [-0.05, 0) is 31.2 Å². The Bertz CT molecular complexity index is 828. The maximum absolute atomic E-state index is 13.5. The number of hydrogen-bond acceptors (Lipinski definition) is 3. The van der Waals surface area contributed by atoms with Crippen LogP contribution in [-0.4, -0.2) is 25.0 Å². The highest BCUT2D eigenvalue weighted by atomic mass is 19.3. The molecule has 0 aliphatic carbocycles. The van der Waals surface area contributed by atoms with E-state index in [1.165, 1.54) is 25.1 Å². The molecule has 0 saturated heterocycles. The monoisotopic (exact) mass is 370 g/mol. The van der Waals surface area contributed by atoms with Crippen LogP contribution in [0.5, 0.6) is 5.75 Å². The number of benzene rings is 2. The molecule has 2 aromatic rings. The van der Waals surface area contributed by atoms with Gasteiger partial charge in [0.1, 0.15) is 17.4 Å². The van der Waals surface area contributed by atoms with Gasteiger partial charge in [-0.15, -0.1) is 0 Å². The van der Waals surface area contributed by atoms with Crippen molar-refractivity contribution in [1.29, 1.82) is 0 Å². The molecule has 9 heteroatoms. The number of alkyl halides is 2. The highest BCUT2D eigenvalue weighted by Gasteiger charge is 2.15. The number of rotatable bonds is 6. The van der Waals surface area contributed by atoms with E-state index in [9.17, 15) is 27.2 Å². The van der Waals surface area contributed by atoms with Gasteiger partial charge in [-0.3, -0.25) is 9.59 Å². The van der Waals surface area contributed by atoms with Crippen LogP contribution in [0.2, 0.25) is 0 Å². The molecule has 0 radical (unpaired) electrons. The third kappa shape index (κ3) is 4.95. The Morgan fingerprint density at radius 3 is 2.54 bits per heavy atom. The van der Waals surface area contributed by atoms with Gasteiger partial charge in [-0.25, -0.2) is 8.78 Å². The number of carbonyl (C=O) groups is 2. The van der Waals surface area contributed by atoms with E-state index >= 15 is 0 Å². The molecule has 138 valence electrons. The van der Waals surface area contributed by atoms with Crippen molar-refractivity contribution in [3.63, 3.8) is 0 Å². The van der Waals surface area contributed by atoms with Crippen LogP contribution in [0.25, 0.3) is 0 Å². The Morgan fingerprint density at radius 1 is 1.15 bits per heavy atom. The summed E-state index contributed by atoms with van der Waals surface area (Å²) in [5, 5.41) is 4.60. The second-order valence-electron chi connectivity index (χ2n) is 5.16. The molecule has 0 bridgehead atoms. The lowest BCUT2D eigenvalue weighted by Crippen LogP contribution is -2.33. The van der Waals surface area contributed by atoms with E-state index in [0.29, 0.717) is 6.07 Å². The van der Waals surface area contributed by atoms with Crippen LogP contribution < -0.4 is 15.4 Å². The van der Waals surface area contributed by atoms with E-state index in [4.69, 9.17) is 0 Å². The first-order valence-corrected chi connectivity index (χ1v) is 7.35. The predicted octanol–water partition coefficient (Wildman–Crippen LogP) is 3.24. The van der Waals surface area contributed by atoms with E-state index < -0.39 is 42.2 Å². The summed E-state index contributed by atoms with van der Waals surface area (Å²) in [5.41, 5.74) is 0.0788. The zero-order chi connectivity index (χ0) is 19.3. The normalized spacial score (nSPS) is 10.5. The molecule has 0 saturated carbocycles. The Balaban J connectivity index is 1.98. The lowest BCUT2D eigenvalue weighted by Gasteiger charge is -2.13. The molecule has 2 aromatic carbocycles. The predicted molar refractivity (Wildman–Crippen MR) is 85.1 cm³/mol. The fourth-order valence-electron chi connectivity index (χ4n) is 2.10. The number of halogens is 4. The fraction of sp³-hybridized carbons (Fsp3) is 0.176. The molecule has 26 heavy (non-hydrogen) atoms. The van der Waals surface area contributed by atoms with Gasteiger partial charge in [-0.2, -0.15) is 8.78 Å². The molecule has 0 heterocycles. The second-order valence-corrected chi connectivity index (χ2v) is 5.16. The van der Waals surface area contributed by atoms with Gasteiger partial charge in [0.2, 0.25) is 5.91 Å². The number of nitrogens with one attached hydrogen (secondary N) is 2. The maximum atomic E-state index is 13.5. The zero-order valence-corrected chi connectivity index (χ0v) is 13.5.